The third-order valence-corrected chi connectivity index (χ3v) is 5.37. The first-order chi connectivity index (χ1) is 18.3. The van der Waals surface area contributed by atoms with Crippen molar-refractivity contribution in [2.45, 2.75) is 49.9 Å². The summed E-state index contributed by atoms with van der Waals surface area (Å²) < 4.78 is 0. The normalized spacial score (nSPS) is 13.8. The average molecular weight is 548 g/mol. The van der Waals surface area contributed by atoms with Gasteiger partial charge < -0.3 is 47.7 Å². The summed E-state index contributed by atoms with van der Waals surface area (Å²) in [6, 6.07) is -0.352. The highest BCUT2D eigenvalue weighted by atomic mass is 16.4. The number of carbonyl (C=O) groups is 6. The zero-order valence-corrected chi connectivity index (χ0v) is 20.5. The van der Waals surface area contributed by atoms with E-state index in [1.54, 1.807) is 0 Å². The van der Waals surface area contributed by atoms with Crippen LogP contribution in [0.4, 0.5) is 0 Å². The van der Waals surface area contributed by atoms with Gasteiger partial charge >= 0.3 is 11.9 Å². The van der Waals surface area contributed by atoms with Gasteiger partial charge in [0.05, 0.1) is 25.2 Å². The number of phenols is 1. The van der Waals surface area contributed by atoms with Gasteiger partial charge in [-0.15, -0.1) is 0 Å². The Bertz CT molecular complexity index is 1190. The summed E-state index contributed by atoms with van der Waals surface area (Å²) in [6.07, 6.45) is 1.05. The Labute approximate surface area is 221 Å². The molecular formula is C23H29N7O9. The molecule has 0 aliphatic heterocycles. The van der Waals surface area contributed by atoms with E-state index >= 15 is 0 Å². The minimum Gasteiger partial charge on any atom is -0.508 e. The Kier molecular flexibility index (Phi) is 10.9. The maximum atomic E-state index is 13.2. The number of hydrogen-bond acceptors (Lipinski definition) is 9. The number of imidazole rings is 1. The molecule has 4 amide bonds. The Morgan fingerprint density at radius 2 is 1.44 bits per heavy atom. The number of nitrogens with one attached hydrogen (secondary N) is 4. The van der Waals surface area contributed by atoms with E-state index in [0.29, 0.717) is 11.3 Å². The van der Waals surface area contributed by atoms with Crippen LogP contribution in [-0.2, 0) is 41.6 Å². The number of aliphatic carboxylic acids is 2. The van der Waals surface area contributed by atoms with Crippen molar-refractivity contribution in [3.63, 3.8) is 0 Å². The molecule has 0 spiro atoms. The monoisotopic (exact) mass is 547 g/mol. The van der Waals surface area contributed by atoms with Crippen LogP contribution in [0.15, 0.2) is 36.8 Å². The number of nitrogens with two attached hydrogens (primary N) is 2. The summed E-state index contributed by atoms with van der Waals surface area (Å²) in [5.41, 5.74) is 12.0. The number of carboxylic acids is 2. The summed E-state index contributed by atoms with van der Waals surface area (Å²) in [5.74, 6) is -7.12. The van der Waals surface area contributed by atoms with Crippen LogP contribution in [0.3, 0.4) is 0 Å². The van der Waals surface area contributed by atoms with Crippen LogP contribution in [0.25, 0.3) is 0 Å². The van der Waals surface area contributed by atoms with E-state index in [9.17, 15) is 44.1 Å². The van der Waals surface area contributed by atoms with Crippen LogP contribution in [0.1, 0.15) is 24.1 Å². The number of aromatic amines is 1. The molecule has 0 aliphatic carbocycles. The topological polar surface area (TPSA) is 280 Å². The van der Waals surface area contributed by atoms with Gasteiger partial charge in [0.15, 0.2) is 0 Å². The molecule has 1 heterocycles. The lowest BCUT2D eigenvalue weighted by molar-refractivity contribution is -0.144. The Morgan fingerprint density at radius 1 is 0.846 bits per heavy atom. The van der Waals surface area contributed by atoms with Crippen LogP contribution in [0.5, 0.6) is 5.75 Å². The number of amides is 4. The highest BCUT2D eigenvalue weighted by molar-refractivity contribution is 5.96. The van der Waals surface area contributed by atoms with Crippen molar-refractivity contribution in [1.82, 2.24) is 25.9 Å². The summed E-state index contributed by atoms with van der Waals surface area (Å²) in [7, 11) is 0. The van der Waals surface area contributed by atoms with Crippen molar-refractivity contribution in [3.8, 4) is 5.75 Å². The zero-order valence-electron chi connectivity index (χ0n) is 20.5. The van der Waals surface area contributed by atoms with Crippen molar-refractivity contribution >= 4 is 35.6 Å². The fourth-order valence-corrected chi connectivity index (χ4v) is 3.41. The number of aromatic hydroxyl groups is 1. The Balaban J connectivity index is 2.23. The predicted octanol–water partition coefficient (Wildman–Crippen LogP) is -2.88. The van der Waals surface area contributed by atoms with Crippen molar-refractivity contribution in [2.24, 2.45) is 11.5 Å². The quantitative estimate of drug-likeness (QED) is 0.109. The van der Waals surface area contributed by atoms with Gasteiger partial charge in [-0.2, -0.15) is 0 Å². The number of hydrogen-bond donors (Lipinski definition) is 9. The van der Waals surface area contributed by atoms with E-state index < -0.39 is 72.6 Å². The summed E-state index contributed by atoms with van der Waals surface area (Å²) >= 11 is 0. The van der Waals surface area contributed by atoms with Crippen LogP contribution in [-0.4, -0.2) is 85.0 Å². The van der Waals surface area contributed by atoms with Gasteiger partial charge in [-0.3, -0.25) is 24.0 Å². The smallest absolute Gasteiger partial charge is 0.326 e. The number of primary amides is 1. The van der Waals surface area contributed by atoms with Gasteiger partial charge in [0.2, 0.25) is 23.6 Å². The Morgan fingerprint density at radius 3 is 1.97 bits per heavy atom. The van der Waals surface area contributed by atoms with E-state index in [1.807, 2.05) is 5.32 Å². The fraction of sp³-hybridized carbons (Fsp3) is 0.348. The molecule has 0 saturated heterocycles. The molecule has 0 bridgehead atoms. The summed E-state index contributed by atoms with van der Waals surface area (Å²) in [4.78, 5) is 79.1. The molecule has 16 nitrogen and oxygen atoms in total. The third kappa shape index (κ3) is 10.1. The largest absolute Gasteiger partial charge is 0.508 e. The maximum Gasteiger partial charge on any atom is 0.326 e. The molecule has 1 aromatic heterocycles. The summed E-state index contributed by atoms with van der Waals surface area (Å²) in [6.45, 7) is 0. The Hall–Kier alpha value is -4.99. The van der Waals surface area contributed by atoms with Gasteiger partial charge in [0.1, 0.15) is 23.9 Å². The van der Waals surface area contributed by atoms with Crippen LogP contribution >= 0.6 is 0 Å². The molecule has 39 heavy (non-hydrogen) atoms. The minimum absolute atomic E-state index is 0.0486. The number of aromatic nitrogens is 2. The second-order valence-electron chi connectivity index (χ2n) is 8.55. The maximum absolute atomic E-state index is 13.2. The molecular weight excluding hydrogens is 518 g/mol. The van der Waals surface area contributed by atoms with E-state index in [0.717, 1.165) is 0 Å². The van der Waals surface area contributed by atoms with Crippen LogP contribution in [0.2, 0.25) is 0 Å². The van der Waals surface area contributed by atoms with Gasteiger partial charge in [-0.25, -0.2) is 9.78 Å². The second-order valence-corrected chi connectivity index (χ2v) is 8.55. The van der Waals surface area contributed by atoms with E-state index in [2.05, 4.69) is 20.6 Å². The SMILES string of the molecule is NC(=O)CC(NC(=O)C(CC(=O)O)NC(=O)C(Cc1ccc(O)cc1)NC(=O)C(N)Cc1cnc[nH]1)C(=O)O. The first kappa shape index (κ1) is 30.2. The number of H-pyrrole nitrogens is 1. The number of nitrogens with zero attached hydrogens (tertiary/aromatic N) is 1. The fourth-order valence-electron chi connectivity index (χ4n) is 3.41. The number of phenolic OH excluding ortho intramolecular Hbond substituents is 1. The molecule has 4 unspecified atom stereocenters. The van der Waals surface area contributed by atoms with Gasteiger partial charge in [-0.1, -0.05) is 12.1 Å². The number of rotatable bonds is 15. The summed E-state index contributed by atoms with van der Waals surface area (Å²) in [5, 5.41) is 34.6. The minimum atomic E-state index is -1.78. The van der Waals surface area contributed by atoms with E-state index in [1.165, 1.54) is 36.8 Å². The van der Waals surface area contributed by atoms with Crippen molar-refractivity contribution < 1.29 is 44.1 Å². The number of benzene rings is 1. The third-order valence-electron chi connectivity index (χ3n) is 5.37. The van der Waals surface area contributed by atoms with Gasteiger partial charge in [-0.05, 0) is 17.7 Å². The molecule has 11 N–H and O–H groups in total. The molecule has 0 aliphatic rings. The lowest BCUT2D eigenvalue weighted by Crippen LogP contribution is -2.58. The van der Waals surface area contributed by atoms with Gasteiger partial charge in [0, 0.05) is 24.7 Å². The standard InChI is InChI=1S/C23H29N7O9/c24-14(6-12-9-26-10-27-12)20(35)28-15(5-11-1-3-13(31)4-2-11)21(36)29-16(8-19(33)34)22(37)30-17(23(38)39)7-18(25)32/h1-4,9-10,14-17,31H,5-8,24H2,(H2,25,32)(H,26,27)(H,28,35)(H,29,36)(H,30,37)(H,33,34)(H,38,39). The molecule has 0 radical (unpaired) electrons. The highest BCUT2D eigenvalue weighted by Gasteiger charge is 2.32. The molecule has 0 saturated carbocycles. The van der Waals surface area contributed by atoms with Crippen LogP contribution in [0, 0.1) is 0 Å². The first-order valence-corrected chi connectivity index (χ1v) is 11.5. The van der Waals surface area contributed by atoms with E-state index in [-0.39, 0.29) is 18.6 Å². The molecule has 2 rings (SSSR count). The number of carbonyl (C=O) groups excluding carboxylic acids is 4. The molecule has 16 heteroatoms. The second kappa shape index (κ2) is 14.1. The van der Waals surface area contributed by atoms with E-state index in [4.69, 9.17) is 11.5 Å². The molecule has 2 aromatic rings. The van der Waals surface area contributed by atoms with Crippen molar-refractivity contribution in [1.29, 1.82) is 0 Å². The van der Waals surface area contributed by atoms with Crippen LogP contribution < -0.4 is 27.4 Å². The predicted molar refractivity (Wildman–Crippen MR) is 132 cm³/mol. The van der Waals surface area contributed by atoms with Crippen molar-refractivity contribution in [3.05, 3.63) is 48.0 Å². The molecule has 0 fully saturated rings. The molecule has 210 valence electrons. The first-order valence-electron chi connectivity index (χ1n) is 11.5. The van der Waals surface area contributed by atoms with Crippen molar-refractivity contribution in [2.75, 3.05) is 0 Å². The highest BCUT2D eigenvalue weighted by Crippen LogP contribution is 2.12. The van der Waals surface area contributed by atoms with Gasteiger partial charge in [0.25, 0.3) is 0 Å². The molecule has 4 atom stereocenters. The lowest BCUT2D eigenvalue weighted by atomic mass is 10.0. The average Bonchev–Trinajstić information content (AvgIpc) is 3.36. The lowest BCUT2D eigenvalue weighted by Gasteiger charge is -2.24. The number of carboxylic acid groups (broad SMARTS) is 2. The zero-order chi connectivity index (χ0) is 29.1. The molecule has 1 aromatic carbocycles.